The summed E-state index contributed by atoms with van der Waals surface area (Å²) in [7, 11) is 0. The van der Waals surface area contributed by atoms with Crippen molar-refractivity contribution in [1.29, 1.82) is 0 Å². The van der Waals surface area contributed by atoms with E-state index in [1.165, 1.54) is 0 Å². The van der Waals surface area contributed by atoms with Gasteiger partial charge in [0, 0.05) is 0 Å². The largest absolute Gasteiger partial charge is 0.383 e. The van der Waals surface area contributed by atoms with E-state index in [1.54, 1.807) is 0 Å². The number of fused-ring (bicyclic) bond motifs is 1. The summed E-state index contributed by atoms with van der Waals surface area (Å²) in [5.74, 6) is -0.518. The van der Waals surface area contributed by atoms with Crippen molar-refractivity contribution in [2.45, 2.75) is 12.7 Å². The van der Waals surface area contributed by atoms with Crippen LogP contribution in [0.4, 0.5) is 13.2 Å². The molecule has 12 heavy (non-hydrogen) atoms. The highest BCUT2D eigenvalue weighted by molar-refractivity contribution is 5.32. The topological polar surface area (TPSA) is 9.23 Å². The van der Waals surface area contributed by atoms with Crippen LogP contribution in [0.3, 0.4) is 0 Å². The Morgan fingerprint density at radius 3 is 2.83 bits per heavy atom. The molecular formula is C8H5F3O. The molecule has 0 saturated heterocycles. The minimum atomic E-state index is -3.25. The lowest BCUT2D eigenvalue weighted by Crippen LogP contribution is -2.09. The van der Waals surface area contributed by atoms with Gasteiger partial charge in [0.25, 0.3) is 0 Å². The zero-order chi connectivity index (χ0) is 8.77. The molecule has 0 atom stereocenters. The highest BCUT2D eigenvalue weighted by Crippen LogP contribution is 2.38. The van der Waals surface area contributed by atoms with Crippen LogP contribution in [0.5, 0.6) is 0 Å². The van der Waals surface area contributed by atoms with Crippen LogP contribution in [0.15, 0.2) is 18.2 Å². The molecule has 1 aromatic rings. The average Bonchev–Trinajstić information content (AvgIpc) is 2.27. The third-order valence-corrected chi connectivity index (χ3v) is 1.79. The molecule has 0 unspecified atom stereocenters. The molecular weight excluding hydrogens is 169 g/mol. The van der Waals surface area contributed by atoms with Gasteiger partial charge in [-0.05, 0) is 23.8 Å². The van der Waals surface area contributed by atoms with Gasteiger partial charge in [0.1, 0.15) is 5.82 Å². The quantitative estimate of drug-likeness (QED) is 0.586. The molecule has 1 aliphatic rings. The van der Waals surface area contributed by atoms with Gasteiger partial charge in [0.05, 0.1) is 12.2 Å². The van der Waals surface area contributed by atoms with Crippen molar-refractivity contribution in [2.24, 2.45) is 0 Å². The van der Waals surface area contributed by atoms with Gasteiger partial charge in [-0.15, -0.1) is 0 Å². The van der Waals surface area contributed by atoms with E-state index in [1.807, 2.05) is 0 Å². The Hall–Kier alpha value is -1.03. The number of alkyl halides is 2. The fourth-order valence-corrected chi connectivity index (χ4v) is 1.21. The number of benzene rings is 1. The number of halogens is 3. The van der Waals surface area contributed by atoms with Crippen molar-refractivity contribution in [3.8, 4) is 0 Å². The van der Waals surface area contributed by atoms with Crippen LogP contribution in [-0.2, 0) is 17.5 Å². The van der Waals surface area contributed by atoms with Crippen molar-refractivity contribution >= 4 is 0 Å². The first-order chi connectivity index (χ1) is 5.59. The van der Waals surface area contributed by atoms with Gasteiger partial charge in [-0.3, -0.25) is 0 Å². The monoisotopic (exact) mass is 174 g/mol. The van der Waals surface area contributed by atoms with E-state index in [-0.39, 0.29) is 17.7 Å². The first kappa shape index (κ1) is 7.61. The molecule has 0 aliphatic carbocycles. The van der Waals surface area contributed by atoms with Gasteiger partial charge in [0.2, 0.25) is 0 Å². The summed E-state index contributed by atoms with van der Waals surface area (Å²) in [6.07, 6.45) is -3.25. The number of hydrogen-bond donors (Lipinski definition) is 0. The second-order valence-corrected chi connectivity index (χ2v) is 2.61. The average molecular weight is 174 g/mol. The second-order valence-electron chi connectivity index (χ2n) is 2.61. The summed E-state index contributed by atoms with van der Waals surface area (Å²) >= 11 is 0. The summed E-state index contributed by atoms with van der Waals surface area (Å²) in [4.78, 5) is 0. The van der Waals surface area contributed by atoms with Crippen molar-refractivity contribution in [1.82, 2.24) is 0 Å². The SMILES string of the molecule is Fc1ccc2c(c1)COC2(F)F. The van der Waals surface area contributed by atoms with E-state index in [0.717, 1.165) is 18.2 Å². The molecule has 4 heteroatoms. The van der Waals surface area contributed by atoms with Crippen molar-refractivity contribution in [2.75, 3.05) is 0 Å². The molecule has 1 aromatic carbocycles. The molecule has 0 spiro atoms. The zero-order valence-corrected chi connectivity index (χ0v) is 5.98. The van der Waals surface area contributed by atoms with Crippen LogP contribution in [0, 0.1) is 5.82 Å². The van der Waals surface area contributed by atoms with Crippen molar-refractivity contribution in [3.63, 3.8) is 0 Å². The molecule has 2 rings (SSSR count). The molecule has 0 N–H and O–H groups in total. The van der Waals surface area contributed by atoms with Crippen LogP contribution in [0.1, 0.15) is 11.1 Å². The fourth-order valence-electron chi connectivity index (χ4n) is 1.21. The molecule has 0 radical (unpaired) electrons. The van der Waals surface area contributed by atoms with Crippen LogP contribution in [0.2, 0.25) is 0 Å². The van der Waals surface area contributed by atoms with Crippen LogP contribution >= 0.6 is 0 Å². The lowest BCUT2D eigenvalue weighted by atomic mass is 10.1. The van der Waals surface area contributed by atoms with E-state index in [0.29, 0.717) is 0 Å². The predicted octanol–water partition coefficient (Wildman–Crippen LogP) is 2.41. The minimum Gasteiger partial charge on any atom is -0.312 e. The Morgan fingerprint density at radius 2 is 2.08 bits per heavy atom. The van der Waals surface area contributed by atoms with Gasteiger partial charge in [-0.25, -0.2) is 4.39 Å². The van der Waals surface area contributed by atoms with E-state index in [4.69, 9.17) is 0 Å². The Morgan fingerprint density at radius 1 is 1.33 bits per heavy atom. The first-order valence-corrected chi connectivity index (χ1v) is 3.40. The van der Waals surface area contributed by atoms with Gasteiger partial charge in [-0.1, -0.05) is 0 Å². The third kappa shape index (κ3) is 0.992. The molecule has 0 saturated carbocycles. The van der Waals surface area contributed by atoms with Gasteiger partial charge >= 0.3 is 6.11 Å². The van der Waals surface area contributed by atoms with E-state index < -0.39 is 11.9 Å². The summed E-state index contributed by atoms with van der Waals surface area (Å²) in [6, 6.07) is 3.12. The van der Waals surface area contributed by atoms with Gasteiger partial charge in [0.15, 0.2) is 0 Å². The summed E-state index contributed by atoms with van der Waals surface area (Å²) in [5, 5.41) is 0. The molecule has 1 nitrogen and oxygen atoms in total. The molecule has 0 aromatic heterocycles. The fraction of sp³-hybridized carbons (Fsp3) is 0.250. The third-order valence-electron chi connectivity index (χ3n) is 1.79. The summed E-state index contributed by atoms with van der Waals surface area (Å²) in [5.41, 5.74) is -0.0103. The lowest BCUT2D eigenvalue weighted by molar-refractivity contribution is -0.239. The van der Waals surface area contributed by atoms with Crippen LogP contribution in [-0.4, -0.2) is 0 Å². The lowest BCUT2D eigenvalue weighted by Gasteiger charge is -2.07. The molecule has 0 fully saturated rings. The maximum Gasteiger partial charge on any atom is 0.383 e. The highest BCUT2D eigenvalue weighted by atomic mass is 19.3. The molecule has 1 heterocycles. The van der Waals surface area contributed by atoms with E-state index in [9.17, 15) is 13.2 Å². The first-order valence-electron chi connectivity index (χ1n) is 3.40. The number of hydrogen-bond acceptors (Lipinski definition) is 1. The van der Waals surface area contributed by atoms with Gasteiger partial charge in [-0.2, -0.15) is 8.78 Å². The van der Waals surface area contributed by atoms with Crippen molar-refractivity contribution in [3.05, 3.63) is 35.1 Å². The molecule has 64 valence electrons. The Kier molecular flexibility index (Phi) is 1.41. The number of ether oxygens (including phenoxy) is 1. The Bertz CT molecular complexity index is 322. The van der Waals surface area contributed by atoms with Crippen LogP contribution in [0.25, 0.3) is 0 Å². The smallest absolute Gasteiger partial charge is 0.312 e. The normalized spacial score (nSPS) is 19.2. The standard InChI is InChI=1S/C8H5F3O/c9-6-1-2-7-5(3-6)4-12-8(7,10)11/h1-3H,4H2. The molecule has 0 bridgehead atoms. The molecule has 0 amide bonds. The Balaban J connectivity index is 2.55. The Labute approximate surface area is 66.8 Å². The molecule has 1 aliphatic heterocycles. The minimum absolute atomic E-state index is 0.222. The van der Waals surface area contributed by atoms with E-state index >= 15 is 0 Å². The van der Waals surface area contributed by atoms with Gasteiger partial charge < -0.3 is 4.74 Å². The van der Waals surface area contributed by atoms with Crippen molar-refractivity contribution < 1.29 is 17.9 Å². The van der Waals surface area contributed by atoms with Crippen LogP contribution < -0.4 is 0 Å². The maximum atomic E-state index is 12.7. The maximum absolute atomic E-state index is 12.7. The highest BCUT2D eigenvalue weighted by Gasteiger charge is 2.40. The number of rotatable bonds is 0. The van der Waals surface area contributed by atoms with E-state index in [2.05, 4.69) is 4.74 Å². The second kappa shape index (κ2) is 2.23. The predicted molar refractivity (Wildman–Crippen MR) is 35.1 cm³/mol. The summed E-state index contributed by atoms with van der Waals surface area (Å²) < 4.78 is 42.1. The summed E-state index contributed by atoms with van der Waals surface area (Å²) in [6.45, 7) is -0.222. The zero-order valence-electron chi connectivity index (χ0n) is 5.98.